The highest BCUT2D eigenvalue weighted by Crippen LogP contribution is 2.47. The third-order valence-corrected chi connectivity index (χ3v) is 7.66. The van der Waals surface area contributed by atoms with Crippen molar-refractivity contribution in [3.8, 4) is 39.1 Å². The van der Waals surface area contributed by atoms with Gasteiger partial charge in [0.2, 0.25) is 0 Å². The fraction of sp³-hybridized carbons (Fsp3) is 0.242. The van der Waals surface area contributed by atoms with Gasteiger partial charge in [-0.1, -0.05) is 100 Å². The van der Waals surface area contributed by atoms with Crippen LogP contribution in [0.25, 0.3) is 33.4 Å². The number of rotatable bonds is 4. The van der Waals surface area contributed by atoms with Gasteiger partial charge in [0.15, 0.2) is 0 Å². The second kappa shape index (κ2) is 8.98. The molecule has 0 amide bonds. The molecular formula is C33H32O3. The number of carboxylic acid groups (broad SMARTS) is 1. The van der Waals surface area contributed by atoms with Crippen LogP contribution in [0.3, 0.4) is 0 Å². The maximum Gasteiger partial charge on any atom is 0.511 e. The van der Waals surface area contributed by atoms with E-state index in [1.165, 1.54) is 46.2 Å². The fourth-order valence-electron chi connectivity index (χ4n) is 5.40. The smallest absolute Gasteiger partial charge is 0.449 e. The van der Waals surface area contributed by atoms with Crippen LogP contribution in [0.1, 0.15) is 51.7 Å². The molecule has 0 aliphatic heterocycles. The summed E-state index contributed by atoms with van der Waals surface area (Å²) in [6.45, 7) is 9.43. The molecule has 0 atom stereocenters. The number of fused-ring (bicyclic) bond motifs is 1. The molecule has 4 aromatic rings. The van der Waals surface area contributed by atoms with E-state index in [4.69, 9.17) is 9.84 Å². The third-order valence-electron chi connectivity index (χ3n) is 7.66. The topological polar surface area (TPSA) is 46.5 Å². The van der Waals surface area contributed by atoms with Crippen LogP contribution >= 0.6 is 0 Å². The van der Waals surface area contributed by atoms with Gasteiger partial charge < -0.3 is 9.84 Å². The van der Waals surface area contributed by atoms with Gasteiger partial charge >= 0.3 is 6.16 Å². The average molecular weight is 477 g/mol. The highest BCUT2D eigenvalue weighted by Gasteiger charge is 2.37. The van der Waals surface area contributed by atoms with Gasteiger partial charge in [-0.2, -0.15) is 0 Å². The first-order valence-electron chi connectivity index (χ1n) is 12.5. The Bertz CT molecular complexity index is 1410. The van der Waals surface area contributed by atoms with Crippen LogP contribution in [-0.2, 0) is 10.8 Å². The van der Waals surface area contributed by atoms with E-state index >= 15 is 0 Å². The van der Waals surface area contributed by atoms with E-state index in [0.717, 1.165) is 11.1 Å². The SMILES string of the molecule is CC1(C)CCC(C)(C)c2cc(-c3cc(-c4ccc(OC(=O)O)cc4)ccc3-c3ccccc3)ccc21. The molecule has 0 unspecified atom stereocenters. The van der Waals surface area contributed by atoms with E-state index in [1.807, 2.05) is 18.2 Å². The van der Waals surface area contributed by atoms with Gasteiger partial charge in [0.05, 0.1) is 0 Å². The Morgan fingerprint density at radius 1 is 0.639 bits per heavy atom. The van der Waals surface area contributed by atoms with Crippen molar-refractivity contribution in [1.29, 1.82) is 0 Å². The summed E-state index contributed by atoms with van der Waals surface area (Å²) in [6, 6.07) is 31.3. The zero-order valence-electron chi connectivity index (χ0n) is 21.3. The van der Waals surface area contributed by atoms with E-state index < -0.39 is 6.16 Å². The van der Waals surface area contributed by atoms with Gasteiger partial charge in [-0.3, -0.25) is 0 Å². The Balaban J connectivity index is 1.66. The van der Waals surface area contributed by atoms with E-state index in [1.54, 1.807) is 12.1 Å². The van der Waals surface area contributed by atoms with Crippen molar-refractivity contribution in [2.75, 3.05) is 0 Å². The normalized spacial score (nSPS) is 15.7. The van der Waals surface area contributed by atoms with Crippen LogP contribution in [0.4, 0.5) is 4.79 Å². The van der Waals surface area contributed by atoms with Crippen LogP contribution in [-0.4, -0.2) is 11.3 Å². The first-order chi connectivity index (χ1) is 17.1. The predicted molar refractivity (Wildman–Crippen MR) is 147 cm³/mol. The van der Waals surface area contributed by atoms with Crippen molar-refractivity contribution < 1.29 is 14.6 Å². The monoisotopic (exact) mass is 476 g/mol. The molecule has 5 rings (SSSR count). The summed E-state index contributed by atoms with van der Waals surface area (Å²) in [6.07, 6.45) is 1.06. The molecule has 3 nitrogen and oxygen atoms in total. The highest BCUT2D eigenvalue weighted by atomic mass is 16.7. The lowest BCUT2D eigenvalue weighted by Crippen LogP contribution is -2.33. The zero-order chi connectivity index (χ0) is 25.5. The Morgan fingerprint density at radius 2 is 1.25 bits per heavy atom. The lowest BCUT2D eigenvalue weighted by atomic mass is 9.63. The molecule has 1 aliphatic rings. The molecule has 0 spiro atoms. The number of benzene rings is 4. The maximum absolute atomic E-state index is 10.9. The predicted octanol–water partition coefficient (Wildman–Crippen LogP) is 9.09. The third kappa shape index (κ3) is 4.54. The van der Waals surface area contributed by atoms with E-state index in [2.05, 4.69) is 88.4 Å². The lowest BCUT2D eigenvalue weighted by molar-refractivity contribution is 0.144. The van der Waals surface area contributed by atoms with Crippen LogP contribution in [0.15, 0.2) is 91.0 Å². The van der Waals surface area contributed by atoms with Crippen molar-refractivity contribution in [2.24, 2.45) is 0 Å². The highest BCUT2D eigenvalue weighted by molar-refractivity contribution is 5.87. The number of ether oxygens (including phenoxy) is 1. The molecule has 0 heterocycles. The Hall–Kier alpha value is -3.85. The molecular weight excluding hydrogens is 444 g/mol. The largest absolute Gasteiger partial charge is 0.511 e. The van der Waals surface area contributed by atoms with Gasteiger partial charge in [0, 0.05) is 0 Å². The van der Waals surface area contributed by atoms with Crippen molar-refractivity contribution >= 4 is 6.16 Å². The molecule has 3 heteroatoms. The van der Waals surface area contributed by atoms with Gasteiger partial charge in [0.1, 0.15) is 5.75 Å². The molecule has 0 radical (unpaired) electrons. The first-order valence-corrected chi connectivity index (χ1v) is 12.5. The summed E-state index contributed by atoms with van der Waals surface area (Å²) >= 11 is 0. The molecule has 0 saturated heterocycles. The van der Waals surface area contributed by atoms with E-state index in [9.17, 15) is 4.79 Å². The average Bonchev–Trinajstić information content (AvgIpc) is 2.87. The Labute approximate surface area is 213 Å². The summed E-state index contributed by atoms with van der Waals surface area (Å²) in [7, 11) is 0. The van der Waals surface area contributed by atoms with Crippen molar-refractivity contribution in [3.05, 3.63) is 102 Å². The van der Waals surface area contributed by atoms with Crippen LogP contribution in [0.2, 0.25) is 0 Å². The van der Waals surface area contributed by atoms with E-state index in [-0.39, 0.29) is 10.8 Å². The summed E-state index contributed by atoms with van der Waals surface area (Å²) in [5.74, 6) is 0.312. The van der Waals surface area contributed by atoms with Crippen LogP contribution in [0, 0.1) is 0 Å². The van der Waals surface area contributed by atoms with Crippen LogP contribution in [0.5, 0.6) is 5.75 Å². The molecule has 1 aliphatic carbocycles. The lowest BCUT2D eigenvalue weighted by Gasteiger charge is -2.42. The minimum absolute atomic E-state index is 0.130. The summed E-state index contributed by atoms with van der Waals surface area (Å²) in [5.41, 5.74) is 10.1. The summed E-state index contributed by atoms with van der Waals surface area (Å²) in [5, 5.41) is 8.89. The number of hydrogen-bond donors (Lipinski definition) is 1. The number of carbonyl (C=O) groups is 1. The zero-order valence-corrected chi connectivity index (χ0v) is 21.3. The minimum Gasteiger partial charge on any atom is -0.449 e. The van der Waals surface area contributed by atoms with Crippen LogP contribution < -0.4 is 4.74 Å². The van der Waals surface area contributed by atoms with Gasteiger partial charge in [-0.15, -0.1) is 0 Å². The molecule has 0 saturated carbocycles. The molecule has 1 N–H and O–H groups in total. The maximum atomic E-state index is 10.9. The molecule has 0 fully saturated rings. The Kier molecular flexibility index (Phi) is 5.96. The van der Waals surface area contributed by atoms with Gasteiger partial charge in [-0.05, 0) is 86.4 Å². The van der Waals surface area contributed by atoms with Gasteiger partial charge in [0.25, 0.3) is 0 Å². The van der Waals surface area contributed by atoms with Crippen molar-refractivity contribution in [2.45, 2.75) is 51.4 Å². The van der Waals surface area contributed by atoms with Crippen molar-refractivity contribution in [3.63, 3.8) is 0 Å². The fourth-order valence-corrected chi connectivity index (χ4v) is 5.40. The second-order valence-electron chi connectivity index (χ2n) is 11.0. The summed E-state index contributed by atoms with van der Waals surface area (Å²) < 4.78 is 4.78. The summed E-state index contributed by atoms with van der Waals surface area (Å²) in [4.78, 5) is 10.9. The Morgan fingerprint density at radius 3 is 1.92 bits per heavy atom. The minimum atomic E-state index is -1.31. The molecule has 36 heavy (non-hydrogen) atoms. The molecule has 4 aromatic carbocycles. The van der Waals surface area contributed by atoms with E-state index in [0.29, 0.717) is 5.75 Å². The first kappa shape index (κ1) is 23.9. The molecule has 0 aromatic heterocycles. The molecule has 182 valence electrons. The standard InChI is InChI=1S/C33H32O3/c1-32(2)18-19-33(3,4)30-21-25(13-17-29(30)32)28-20-24(12-16-27(28)23-8-6-5-7-9-23)22-10-14-26(15-11-22)36-31(34)35/h5-17,20-21H,18-19H2,1-4H3,(H,34,35). The number of hydrogen-bond acceptors (Lipinski definition) is 2. The second-order valence-corrected chi connectivity index (χ2v) is 11.0. The quantitative estimate of drug-likeness (QED) is 0.236. The van der Waals surface area contributed by atoms with Gasteiger partial charge in [-0.25, -0.2) is 4.79 Å². The van der Waals surface area contributed by atoms with Crippen molar-refractivity contribution in [1.82, 2.24) is 0 Å². The molecule has 0 bridgehead atoms.